The maximum Gasteiger partial charge on any atom is 0.132 e. The first-order valence-electron chi connectivity index (χ1n) is 12.6. The zero-order valence-corrected chi connectivity index (χ0v) is 22.0. The van der Waals surface area contributed by atoms with Crippen LogP contribution < -0.4 is 10.2 Å². The Kier molecular flexibility index (Phi) is 6.01. The lowest BCUT2D eigenvalue weighted by atomic mass is 9.68. The van der Waals surface area contributed by atoms with E-state index in [4.69, 9.17) is 15.8 Å². The number of nitrogens with zero attached hydrogens (tertiary/aromatic N) is 2. The highest BCUT2D eigenvalue weighted by Gasteiger charge is 2.38. The van der Waals surface area contributed by atoms with Crippen molar-refractivity contribution in [3.05, 3.63) is 50.9 Å². The highest BCUT2D eigenvalue weighted by Crippen LogP contribution is 2.47. The molecular formula is C28H37N5S. The number of hydrogen-bond acceptors (Lipinski definition) is 5. The maximum absolute atomic E-state index is 8.76. The van der Waals surface area contributed by atoms with E-state index in [9.17, 15) is 0 Å². The summed E-state index contributed by atoms with van der Waals surface area (Å²) in [6.07, 6.45) is 6.60. The summed E-state index contributed by atoms with van der Waals surface area (Å²) in [5, 5.41) is 21.7. The molecule has 0 bridgehead atoms. The van der Waals surface area contributed by atoms with Crippen molar-refractivity contribution in [2.45, 2.75) is 78.7 Å². The summed E-state index contributed by atoms with van der Waals surface area (Å²) in [5.74, 6) is 1.39. The van der Waals surface area contributed by atoms with E-state index in [1.54, 1.807) is 23.2 Å². The topological polar surface area (TPSA) is 75.3 Å². The molecule has 1 saturated carbocycles. The third kappa shape index (κ3) is 3.85. The summed E-state index contributed by atoms with van der Waals surface area (Å²) in [6, 6.07) is 6.69. The van der Waals surface area contributed by atoms with Gasteiger partial charge in [0.05, 0.1) is 5.71 Å². The number of rotatable bonds is 2. The summed E-state index contributed by atoms with van der Waals surface area (Å²) in [4.78, 5) is 8.08. The number of benzene rings is 1. The van der Waals surface area contributed by atoms with Crippen LogP contribution in [-0.2, 0) is 0 Å². The van der Waals surface area contributed by atoms with Crippen LogP contribution in [0.3, 0.4) is 0 Å². The van der Waals surface area contributed by atoms with Crippen LogP contribution in [0, 0.1) is 37.0 Å². The predicted molar refractivity (Wildman–Crippen MR) is 145 cm³/mol. The van der Waals surface area contributed by atoms with Gasteiger partial charge in [0.2, 0.25) is 0 Å². The molecule has 3 N–H and O–H groups in total. The molecule has 0 radical (unpaired) electrons. The van der Waals surface area contributed by atoms with Gasteiger partial charge >= 0.3 is 0 Å². The Morgan fingerprint density at radius 3 is 2.53 bits per heavy atom. The Hall–Kier alpha value is -2.31. The summed E-state index contributed by atoms with van der Waals surface area (Å²) in [7, 11) is 0. The minimum absolute atomic E-state index is 0.303. The number of aryl methyl sites for hydroxylation is 2. The fraction of sp³-hybridized carbons (Fsp3) is 0.536. The Labute approximate surface area is 207 Å². The third-order valence-corrected chi connectivity index (χ3v) is 9.65. The largest absolute Gasteiger partial charge is 0.316 e. The lowest BCUT2D eigenvalue weighted by molar-refractivity contribution is 0.199. The average Bonchev–Trinajstić information content (AvgIpc) is 3.34. The van der Waals surface area contributed by atoms with E-state index >= 15 is 0 Å². The number of aliphatic imine (C=N–C) groups is 1. The number of nitrogens with one attached hydrogen (secondary N) is 3. The van der Waals surface area contributed by atoms with Crippen LogP contribution in [0.1, 0.15) is 84.6 Å². The molecule has 3 heterocycles. The van der Waals surface area contributed by atoms with Crippen molar-refractivity contribution < 1.29 is 0 Å². The van der Waals surface area contributed by atoms with Crippen molar-refractivity contribution in [3.63, 3.8) is 0 Å². The number of anilines is 1. The highest BCUT2D eigenvalue weighted by atomic mass is 32.1. The molecule has 180 valence electrons. The second-order valence-electron chi connectivity index (χ2n) is 10.7. The van der Waals surface area contributed by atoms with E-state index in [0.717, 1.165) is 21.8 Å². The van der Waals surface area contributed by atoms with E-state index < -0.39 is 0 Å². The summed E-state index contributed by atoms with van der Waals surface area (Å²) in [5.41, 5.74) is 7.71. The number of amidine groups is 2. The van der Waals surface area contributed by atoms with Crippen LogP contribution in [0.2, 0.25) is 0 Å². The van der Waals surface area contributed by atoms with Crippen LogP contribution in [-0.4, -0.2) is 36.5 Å². The lowest BCUT2D eigenvalue weighted by Crippen LogP contribution is -2.38. The second kappa shape index (κ2) is 8.72. The molecule has 2 aromatic rings. The molecule has 1 aromatic carbocycles. The third-order valence-electron chi connectivity index (χ3n) is 8.46. The van der Waals surface area contributed by atoms with E-state index in [1.165, 1.54) is 66.8 Å². The van der Waals surface area contributed by atoms with Crippen LogP contribution in [0.15, 0.2) is 23.2 Å². The Balaban J connectivity index is 1.51. The first kappa shape index (κ1) is 23.4. The van der Waals surface area contributed by atoms with Gasteiger partial charge in [0.25, 0.3) is 0 Å². The summed E-state index contributed by atoms with van der Waals surface area (Å²) >= 11 is 1.67. The van der Waals surface area contributed by atoms with Crippen LogP contribution in [0.25, 0.3) is 0 Å². The standard InChI is InChI=1S/C28H37N5S/c1-16-14-22(21-8-10-28(11-9-21)12-13-31-15-28)6-7-23(16)25-24-17(2)19(4)34-27(24)33(20(5)29)26(30)18(3)32-25/h6-7,14,18,21,29-31H,8-13,15H2,1-5H3. The van der Waals surface area contributed by atoms with Gasteiger partial charge in [-0.05, 0) is 101 Å². The molecule has 1 aromatic heterocycles. The molecule has 1 atom stereocenters. The molecule has 1 unspecified atom stereocenters. The maximum atomic E-state index is 8.76. The van der Waals surface area contributed by atoms with Gasteiger partial charge < -0.3 is 5.32 Å². The van der Waals surface area contributed by atoms with Crippen molar-refractivity contribution in [1.29, 1.82) is 10.8 Å². The Bertz CT molecular complexity index is 1170. The van der Waals surface area contributed by atoms with Gasteiger partial charge in [0.1, 0.15) is 22.7 Å². The molecule has 5 nitrogen and oxygen atoms in total. The fourth-order valence-electron chi connectivity index (χ4n) is 6.19. The van der Waals surface area contributed by atoms with Crippen molar-refractivity contribution in [2.75, 3.05) is 18.0 Å². The van der Waals surface area contributed by atoms with E-state index in [2.05, 4.69) is 44.3 Å². The monoisotopic (exact) mass is 475 g/mol. The number of thiophene rings is 1. The molecule has 1 spiro atoms. The molecule has 0 amide bonds. The van der Waals surface area contributed by atoms with E-state index in [1.807, 2.05) is 6.92 Å². The molecule has 3 aliphatic rings. The molecule has 6 heteroatoms. The van der Waals surface area contributed by atoms with Gasteiger partial charge in [-0.3, -0.25) is 20.7 Å². The minimum atomic E-state index is -0.303. The molecular weight excluding hydrogens is 438 g/mol. The van der Waals surface area contributed by atoms with Gasteiger partial charge in [0, 0.05) is 22.5 Å². The minimum Gasteiger partial charge on any atom is -0.316 e. The van der Waals surface area contributed by atoms with Gasteiger partial charge in [0.15, 0.2) is 0 Å². The molecule has 34 heavy (non-hydrogen) atoms. The van der Waals surface area contributed by atoms with Crippen molar-refractivity contribution >= 4 is 33.7 Å². The fourth-order valence-corrected chi connectivity index (χ4v) is 7.41. The highest BCUT2D eigenvalue weighted by molar-refractivity contribution is 7.17. The van der Waals surface area contributed by atoms with Gasteiger partial charge in [-0.15, -0.1) is 11.3 Å². The van der Waals surface area contributed by atoms with Crippen molar-refractivity contribution in [2.24, 2.45) is 10.4 Å². The molecule has 2 fully saturated rings. The van der Waals surface area contributed by atoms with Gasteiger partial charge in [-0.1, -0.05) is 18.2 Å². The first-order chi connectivity index (χ1) is 16.2. The van der Waals surface area contributed by atoms with Gasteiger partial charge in [-0.25, -0.2) is 0 Å². The lowest BCUT2D eigenvalue weighted by Gasteiger charge is -2.37. The zero-order valence-electron chi connectivity index (χ0n) is 21.1. The smallest absolute Gasteiger partial charge is 0.132 e. The van der Waals surface area contributed by atoms with Crippen molar-refractivity contribution in [3.8, 4) is 0 Å². The Morgan fingerprint density at radius 1 is 1.18 bits per heavy atom. The Morgan fingerprint density at radius 2 is 1.91 bits per heavy atom. The second-order valence-corrected chi connectivity index (χ2v) is 11.9. The van der Waals surface area contributed by atoms with Crippen molar-refractivity contribution in [1.82, 2.24) is 5.32 Å². The van der Waals surface area contributed by atoms with Crippen LogP contribution in [0.5, 0.6) is 0 Å². The first-order valence-corrected chi connectivity index (χ1v) is 13.5. The molecule has 1 aliphatic carbocycles. The molecule has 5 rings (SSSR count). The number of fused-ring (bicyclic) bond motifs is 1. The normalized spacial score (nSPS) is 27.0. The molecule has 1 saturated heterocycles. The molecule has 2 aliphatic heterocycles. The quantitative estimate of drug-likeness (QED) is 0.351. The van der Waals surface area contributed by atoms with Gasteiger partial charge in [-0.2, -0.15) is 0 Å². The predicted octanol–water partition coefficient (Wildman–Crippen LogP) is 6.33. The summed E-state index contributed by atoms with van der Waals surface area (Å²) in [6.45, 7) is 12.6. The number of hydrogen-bond donors (Lipinski definition) is 3. The van der Waals surface area contributed by atoms with Crippen LogP contribution >= 0.6 is 11.3 Å². The van der Waals surface area contributed by atoms with E-state index in [-0.39, 0.29) is 6.04 Å². The van der Waals surface area contributed by atoms with Crippen LogP contribution in [0.4, 0.5) is 5.00 Å². The van der Waals surface area contributed by atoms with E-state index in [0.29, 0.717) is 23.0 Å². The average molecular weight is 476 g/mol. The zero-order chi connectivity index (χ0) is 24.2. The SMILES string of the molecule is CC(=N)N1C(=N)C(C)N=C(c2ccc(C3CCC4(CCNC4)CC3)cc2C)c2c1sc(C)c2C. The summed E-state index contributed by atoms with van der Waals surface area (Å²) < 4.78 is 0.